The van der Waals surface area contributed by atoms with Gasteiger partial charge in [0.25, 0.3) is 0 Å². The van der Waals surface area contributed by atoms with Gasteiger partial charge in [0.2, 0.25) is 0 Å². The fourth-order valence-electron chi connectivity index (χ4n) is 6.62. The summed E-state index contributed by atoms with van der Waals surface area (Å²) in [4.78, 5) is 3.25. The van der Waals surface area contributed by atoms with Crippen LogP contribution in [0, 0.1) is 35.5 Å². The highest BCUT2D eigenvalue weighted by Gasteiger charge is 2.42. The first-order chi connectivity index (χ1) is 15.7. The molecule has 4 fully saturated rings. The Bertz CT molecular complexity index is 514. The molecule has 0 bridgehead atoms. The maximum atomic E-state index is 13.2. The molecule has 4 rings (SSSR count). The Kier molecular flexibility index (Phi) is 12.6. The molecular weight excluding hydrogens is 419 g/mol. The Labute approximate surface area is 202 Å². The number of alkyl halides is 1. The van der Waals surface area contributed by atoms with Crippen LogP contribution in [0.5, 0.6) is 0 Å². The SMILES string of the molecule is CC1CCC2CCCC([C@@H](C)C(O)C3CCC3)C2CO1.CCC1CCC(C)(F)CC1.COO. The summed E-state index contributed by atoms with van der Waals surface area (Å²) >= 11 is 0. The summed E-state index contributed by atoms with van der Waals surface area (Å²) in [6.07, 6.45) is 15.8. The number of ether oxygens (including phenoxy) is 1. The van der Waals surface area contributed by atoms with Gasteiger partial charge in [0.15, 0.2) is 0 Å². The van der Waals surface area contributed by atoms with Crippen molar-refractivity contribution >= 4 is 0 Å². The summed E-state index contributed by atoms with van der Waals surface area (Å²) in [6.45, 7) is 9.41. The number of hydrogen-bond donors (Lipinski definition) is 2. The summed E-state index contributed by atoms with van der Waals surface area (Å²) in [5.74, 6) is 4.12. The monoisotopic (exact) mass is 472 g/mol. The fourth-order valence-corrected chi connectivity index (χ4v) is 6.62. The summed E-state index contributed by atoms with van der Waals surface area (Å²) in [5.41, 5.74) is -0.842. The molecule has 0 aromatic heterocycles. The molecule has 5 heteroatoms. The molecule has 3 saturated carbocycles. The van der Waals surface area contributed by atoms with E-state index in [2.05, 4.69) is 25.7 Å². The van der Waals surface area contributed by atoms with Crippen molar-refractivity contribution in [3.05, 3.63) is 0 Å². The molecule has 4 nitrogen and oxygen atoms in total. The number of halogens is 1. The average Bonchev–Trinajstić information content (AvgIpc) is 2.95. The number of rotatable bonds is 4. The molecule has 2 N–H and O–H groups in total. The van der Waals surface area contributed by atoms with E-state index < -0.39 is 5.67 Å². The quantitative estimate of drug-likeness (QED) is 0.330. The number of fused-ring (bicyclic) bond motifs is 1. The maximum Gasteiger partial charge on any atom is 0.108 e. The highest BCUT2D eigenvalue weighted by Crippen LogP contribution is 2.46. The van der Waals surface area contributed by atoms with Crippen LogP contribution in [0.15, 0.2) is 0 Å². The molecule has 6 atom stereocenters. The lowest BCUT2D eigenvalue weighted by Crippen LogP contribution is -2.42. The minimum Gasteiger partial charge on any atom is -0.393 e. The van der Waals surface area contributed by atoms with Crippen molar-refractivity contribution in [1.82, 2.24) is 0 Å². The summed E-state index contributed by atoms with van der Waals surface area (Å²) in [7, 11) is 1.18. The molecule has 4 aliphatic rings. The van der Waals surface area contributed by atoms with Crippen molar-refractivity contribution in [3.63, 3.8) is 0 Å². The second-order valence-electron chi connectivity index (χ2n) is 11.7. The molecule has 0 spiro atoms. The van der Waals surface area contributed by atoms with Crippen molar-refractivity contribution in [2.24, 2.45) is 35.5 Å². The molecule has 0 radical (unpaired) electrons. The van der Waals surface area contributed by atoms with Gasteiger partial charge >= 0.3 is 0 Å². The first-order valence-electron chi connectivity index (χ1n) is 13.9. The normalized spacial score (nSPS) is 38.7. The Morgan fingerprint density at radius 2 is 1.64 bits per heavy atom. The summed E-state index contributed by atoms with van der Waals surface area (Å²) in [5, 5.41) is 17.7. The van der Waals surface area contributed by atoms with E-state index in [4.69, 9.17) is 9.99 Å². The minimum atomic E-state index is -0.842. The van der Waals surface area contributed by atoms with Crippen molar-refractivity contribution in [2.45, 2.75) is 129 Å². The second kappa shape index (κ2) is 14.4. The third-order valence-corrected chi connectivity index (χ3v) is 9.36. The van der Waals surface area contributed by atoms with Crippen molar-refractivity contribution < 1.29 is 24.4 Å². The van der Waals surface area contributed by atoms with E-state index in [1.54, 1.807) is 6.92 Å². The van der Waals surface area contributed by atoms with Crippen LogP contribution in [0.2, 0.25) is 0 Å². The number of aliphatic hydroxyl groups excluding tert-OH is 1. The van der Waals surface area contributed by atoms with E-state index in [0.29, 0.717) is 29.8 Å². The zero-order valence-electron chi connectivity index (χ0n) is 22.1. The van der Waals surface area contributed by atoms with Crippen LogP contribution >= 0.6 is 0 Å². The van der Waals surface area contributed by atoms with Gasteiger partial charge in [-0.1, -0.05) is 39.5 Å². The van der Waals surface area contributed by atoms with Gasteiger partial charge in [0.1, 0.15) is 5.67 Å². The first kappa shape index (κ1) is 29.0. The molecule has 3 aliphatic carbocycles. The fraction of sp³-hybridized carbons (Fsp3) is 1.00. The standard InChI is InChI=1S/C18H32O2.C9H17F.CH4O2/c1-12-9-10-14-5-4-8-16(17(14)11-20-12)13(2)18(19)15-6-3-7-15;1-3-8-4-6-9(2,10)7-5-8;1-3-2/h12-19H,3-11H2,1-2H3;8H,3-7H2,1-2H3;2H,1H3/t12?,13-,14?,16?,17?,18?;;/m1../s1. The van der Waals surface area contributed by atoms with Crippen molar-refractivity contribution in [1.29, 1.82) is 0 Å². The van der Waals surface area contributed by atoms with Crippen molar-refractivity contribution in [3.8, 4) is 0 Å². The third-order valence-electron chi connectivity index (χ3n) is 9.36. The van der Waals surface area contributed by atoms with E-state index >= 15 is 0 Å². The summed E-state index contributed by atoms with van der Waals surface area (Å²) < 4.78 is 19.2. The Hall–Kier alpha value is -0.230. The number of hydrogen-bond acceptors (Lipinski definition) is 4. The molecule has 1 heterocycles. The minimum absolute atomic E-state index is 0.0619. The highest BCUT2D eigenvalue weighted by molar-refractivity contribution is 4.91. The average molecular weight is 473 g/mol. The Morgan fingerprint density at radius 1 is 1.03 bits per heavy atom. The summed E-state index contributed by atoms with van der Waals surface area (Å²) in [6, 6.07) is 0. The highest BCUT2D eigenvalue weighted by atomic mass is 19.1. The van der Waals surface area contributed by atoms with Gasteiger partial charge in [-0.25, -0.2) is 9.28 Å². The molecule has 1 aliphatic heterocycles. The van der Waals surface area contributed by atoms with Gasteiger partial charge in [-0.2, -0.15) is 0 Å². The van der Waals surface area contributed by atoms with Crippen LogP contribution in [0.1, 0.15) is 111 Å². The topological polar surface area (TPSA) is 58.9 Å². The van der Waals surface area contributed by atoms with Crippen LogP contribution in [-0.2, 0) is 9.62 Å². The van der Waals surface area contributed by atoms with Crippen LogP contribution < -0.4 is 0 Å². The van der Waals surface area contributed by atoms with Gasteiger partial charge < -0.3 is 9.84 Å². The zero-order valence-corrected chi connectivity index (χ0v) is 22.1. The van der Waals surface area contributed by atoms with Crippen LogP contribution in [0.25, 0.3) is 0 Å². The molecule has 1 saturated heterocycles. The van der Waals surface area contributed by atoms with Gasteiger partial charge in [-0.3, -0.25) is 5.26 Å². The van der Waals surface area contributed by atoms with E-state index in [0.717, 1.165) is 44.1 Å². The lowest BCUT2D eigenvalue weighted by molar-refractivity contribution is -0.214. The smallest absolute Gasteiger partial charge is 0.108 e. The zero-order chi connectivity index (χ0) is 24.4. The molecule has 0 aromatic carbocycles. The Balaban J connectivity index is 0.000000249. The third kappa shape index (κ3) is 9.05. The van der Waals surface area contributed by atoms with Gasteiger partial charge in [0, 0.05) is 0 Å². The van der Waals surface area contributed by atoms with Crippen LogP contribution in [0.4, 0.5) is 4.39 Å². The molecule has 196 valence electrons. The van der Waals surface area contributed by atoms with E-state index in [9.17, 15) is 9.50 Å². The van der Waals surface area contributed by atoms with Crippen LogP contribution in [0.3, 0.4) is 0 Å². The van der Waals surface area contributed by atoms with E-state index in [-0.39, 0.29) is 6.10 Å². The maximum absolute atomic E-state index is 13.2. The number of aliphatic hydroxyl groups is 1. The lowest BCUT2D eigenvalue weighted by Gasteiger charge is -2.44. The second-order valence-corrected chi connectivity index (χ2v) is 11.7. The molecule has 5 unspecified atom stereocenters. The predicted molar refractivity (Wildman–Crippen MR) is 133 cm³/mol. The largest absolute Gasteiger partial charge is 0.393 e. The molecule has 0 amide bonds. The molecule has 33 heavy (non-hydrogen) atoms. The van der Waals surface area contributed by atoms with Gasteiger partial charge in [-0.05, 0) is 107 Å². The predicted octanol–water partition coefficient (Wildman–Crippen LogP) is 7.44. The van der Waals surface area contributed by atoms with Gasteiger partial charge in [-0.15, -0.1) is 0 Å². The van der Waals surface area contributed by atoms with Crippen LogP contribution in [-0.4, -0.2) is 42.0 Å². The van der Waals surface area contributed by atoms with Crippen molar-refractivity contribution in [2.75, 3.05) is 13.7 Å². The molecule has 0 aromatic rings. The lowest BCUT2D eigenvalue weighted by atomic mass is 9.63. The first-order valence-corrected chi connectivity index (χ1v) is 13.9. The van der Waals surface area contributed by atoms with E-state index in [1.165, 1.54) is 64.9 Å². The van der Waals surface area contributed by atoms with E-state index in [1.807, 2.05) is 0 Å². The van der Waals surface area contributed by atoms with Gasteiger partial charge in [0.05, 0.1) is 25.9 Å². The Morgan fingerprint density at radius 3 is 2.18 bits per heavy atom. The molecular formula is C28H53FO4.